The van der Waals surface area contributed by atoms with Crippen LogP contribution < -0.4 is 5.32 Å². The molecule has 0 radical (unpaired) electrons. The van der Waals surface area contributed by atoms with Crippen molar-refractivity contribution in [3.05, 3.63) is 12.2 Å². The van der Waals surface area contributed by atoms with Gasteiger partial charge in [-0.1, -0.05) is 206 Å². The number of unbranched alkanes of at least 4 members (excludes halogenated alkanes) is 29. The predicted molar refractivity (Wildman–Crippen MR) is 291 cm³/mol. The molecule has 0 aromatic carbocycles. The van der Waals surface area contributed by atoms with Crippen molar-refractivity contribution in [3.8, 4) is 0 Å². The van der Waals surface area contributed by atoms with E-state index in [2.05, 4.69) is 19.2 Å². The summed E-state index contributed by atoms with van der Waals surface area (Å²) in [6, 6.07) is -0.966. The molecular weight excluding hydrogens is 999 g/mol. The Bertz CT molecular complexity index is 1460. The molecule has 454 valence electrons. The van der Waals surface area contributed by atoms with Gasteiger partial charge in [0, 0.05) is 6.42 Å². The maximum Gasteiger partial charge on any atom is 0.220 e. The summed E-state index contributed by atoms with van der Waals surface area (Å²) in [7, 11) is 0. The summed E-state index contributed by atoms with van der Waals surface area (Å²) < 4.78 is 34.2. The lowest BCUT2D eigenvalue weighted by Gasteiger charge is -2.48. The molecule has 0 aromatic heterocycles. The van der Waals surface area contributed by atoms with Crippen molar-refractivity contribution in [1.82, 2.24) is 5.32 Å². The number of nitrogens with one attached hydrogen (secondary N) is 1. The minimum atomic E-state index is -1.97. The highest BCUT2D eigenvalue weighted by Gasteiger charge is 2.53. The monoisotopic (exact) mass is 1110 g/mol. The zero-order chi connectivity index (χ0) is 56.2. The molecule has 3 aliphatic rings. The third-order valence-corrected chi connectivity index (χ3v) is 15.6. The van der Waals surface area contributed by atoms with Crippen LogP contribution in [0.25, 0.3) is 0 Å². The van der Waals surface area contributed by atoms with E-state index in [9.17, 15) is 61.0 Å². The first-order valence-electron chi connectivity index (χ1n) is 30.4. The Morgan fingerprint density at radius 2 is 0.805 bits per heavy atom. The van der Waals surface area contributed by atoms with Gasteiger partial charge in [-0.2, -0.15) is 0 Å². The van der Waals surface area contributed by atoms with Crippen molar-refractivity contribution < 1.29 is 89.4 Å². The van der Waals surface area contributed by atoms with Crippen molar-refractivity contribution in [3.63, 3.8) is 0 Å². The average molecular weight is 1110 g/mol. The Labute approximate surface area is 461 Å². The summed E-state index contributed by atoms with van der Waals surface area (Å²) in [5.41, 5.74) is 0. The van der Waals surface area contributed by atoms with Crippen molar-refractivity contribution in [2.45, 2.75) is 324 Å². The minimum absolute atomic E-state index is 0.249. The van der Waals surface area contributed by atoms with Crippen LogP contribution in [0.2, 0.25) is 0 Å². The van der Waals surface area contributed by atoms with Crippen molar-refractivity contribution in [2.24, 2.45) is 0 Å². The highest BCUT2D eigenvalue weighted by molar-refractivity contribution is 5.76. The van der Waals surface area contributed by atoms with Crippen LogP contribution in [-0.2, 0) is 33.2 Å². The zero-order valence-corrected chi connectivity index (χ0v) is 47.2. The van der Waals surface area contributed by atoms with Gasteiger partial charge in [-0.3, -0.25) is 4.79 Å². The Hall–Kier alpha value is -1.47. The van der Waals surface area contributed by atoms with E-state index in [-0.39, 0.29) is 18.9 Å². The number of aliphatic hydroxyl groups is 11. The molecule has 3 heterocycles. The average Bonchev–Trinajstić information content (AvgIpc) is 3.43. The molecule has 0 saturated carbocycles. The second-order valence-electron chi connectivity index (χ2n) is 22.2. The number of carbonyl (C=O) groups is 1. The van der Waals surface area contributed by atoms with Crippen LogP contribution >= 0.6 is 0 Å². The molecule has 0 aliphatic carbocycles. The Morgan fingerprint density at radius 3 is 1.22 bits per heavy atom. The number of aliphatic hydroxyl groups excluding tert-OH is 11. The Balaban J connectivity index is 1.49. The fourth-order valence-electron chi connectivity index (χ4n) is 10.5. The van der Waals surface area contributed by atoms with Crippen molar-refractivity contribution in [1.29, 1.82) is 0 Å². The van der Waals surface area contributed by atoms with E-state index in [0.717, 1.165) is 44.9 Å². The molecule has 12 N–H and O–H groups in total. The number of hydrogen-bond acceptors (Lipinski definition) is 18. The molecule has 17 atom stereocenters. The summed E-state index contributed by atoms with van der Waals surface area (Å²) >= 11 is 0. The molecule has 0 spiro atoms. The van der Waals surface area contributed by atoms with Crippen LogP contribution in [0.4, 0.5) is 0 Å². The summed E-state index contributed by atoms with van der Waals surface area (Å²) in [4.78, 5) is 13.3. The second-order valence-corrected chi connectivity index (χ2v) is 22.2. The van der Waals surface area contributed by atoms with Crippen LogP contribution in [0.1, 0.15) is 219 Å². The molecule has 19 nitrogen and oxygen atoms in total. The maximum atomic E-state index is 13.3. The van der Waals surface area contributed by atoms with Gasteiger partial charge in [-0.25, -0.2) is 0 Å². The first-order chi connectivity index (χ1) is 37.3. The van der Waals surface area contributed by atoms with Gasteiger partial charge in [-0.15, -0.1) is 0 Å². The smallest absolute Gasteiger partial charge is 0.220 e. The fourth-order valence-corrected chi connectivity index (χ4v) is 10.5. The molecule has 0 bridgehead atoms. The van der Waals surface area contributed by atoms with Crippen LogP contribution in [-0.4, -0.2) is 193 Å². The first kappa shape index (κ1) is 69.8. The predicted octanol–water partition coefficient (Wildman–Crippen LogP) is 5.38. The number of hydrogen-bond donors (Lipinski definition) is 12. The van der Waals surface area contributed by atoms with Gasteiger partial charge < -0.3 is 89.9 Å². The number of amides is 1. The van der Waals surface area contributed by atoms with Gasteiger partial charge in [0.25, 0.3) is 0 Å². The molecule has 3 fully saturated rings. The minimum Gasteiger partial charge on any atom is -0.394 e. The van der Waals surface area contributed by atoms with E-state index in [0.29, 0.717) is 6.42 Å². The Morgan fingerprint density at radius 1 is 0.455 bits per heavy atom. The van der Waals surface area contributed by atoms with E-state index in [1.54, 1.807) is 6.08 Å². The SMILES string of the molecule is CCCCCCCCCCCCC/C=C/[C@@H](O)[C@H](CO[C@@H]1OC(CO)[C@@H](O[C@@H]2OC(CO)[C@H](O[C@@H]3OC(CO)[C@H](O)[C@H](O)C3O)[C@H](O)C2O)[C@H](O)C1O)NC(=O)CCCCCCCCCCCCCCCCCCCCC. The summed E-state index contributed by atoms with van der Waals surface area (Å²) in [5.74, 6) is -0.273. The normalized spacial score (nSPS) is 30.7. The Kier molecular flexibility index (Phi) is 38.4. The molecule has 6 unspecified atom stereocenters. The van der Waals surface area contributed by atoms with Gasteiger partial charge >= 0.3 is 0 Å². The topological polar surface area (TPSA) is 307 Å². The van der Waals surface area contributed by atoms with Crippen LogP contribution in [0, 0.1) is 0 Å². The third kappa shape index (κ3) is 26.5. The lowest BCUT2D eigenvalue weighted by molar-refractivity contribution is -0.379. The lowest BCUT2D eigenvalue weighted by atomic mass is 9.96. The van der Waals surface area contributed by atoms with E-state index in [1.165, 1.54) is 148 Å². The van der Waals surface area contributed by atoms with Gasteiger partial charge in [0.15, 0.2) is 18.9 Å². The van der Waals surface area contributed by atoms with E-state index < -0.39 is 124 Å². The standard InChI is InChI=1S/C58H109NO18/c1-3-5-7-9-11-13-15-17-18-19-20-21-22-24-26-28-30-32-34-36-46(64)59-41(42(63)35-33-31-29-27-25-23-16-14-12-10-8-6-4-2)40-72-56-52(70)49(67)54(44(38-61)74-56)77-58-53(71)50(68)55(45(39-62)75-58)76-57-51(69)48(66)47(65)43(37-60)73-57/h33,35,41-45,47-58,60-63,65-71H,3-32,34,36-40H2,1-2H3,(H,59,64)/b35-33+/t41-,42+,43?,44?,45?,47-,48-,49+,50+,51?,52?,53?,54+,55-,56+,57-,58-/m0/s1. The molecule has 3 saturated heterocycles. The highest BCUT2D eigenvalue weighted by atomic mass is 16.8. The molecular formula is C58H109NO18. The highest BCUT2D eigenvalue weighted by Crippen LogP contribution is 2.33. The molecule has 1 amide bonds. The van der Waals surface area contributed by atoms with Crippen LogP contribution in [0.15, 0.2) is 12.2 Å². The molecule has 19 heteroatoms. The number of rotatable bonds is 45. The number of ether oxygens (including phenoxy) is 6. The largest absolute Gasteiger partial charge is 0.394 e. The van der Waals surface area contributed by atoms with E-state index in [1.807, 2.05) is 6.08 Å². The summed E-state index contributed by atoms with van der Waals surface area (Å²) in [6.07, 6.45) is 14.8. The number of carbonyl (C=O) groups excluding carboxylic acids is 1. The van der Waals surface area contributed by atoms with Gasteiger partial charge in [0.05, 0.1) is 38.6 Å². The van der Waals surface area contributed by atoms with Gasteiger partial charge in [-0.05, 0) is 19.3 Å². The molecule has 3 aliphatic heterocycles. The lowest BCUT2D eigenvalue weighted by Crippen LogP contribution is -2.66. The molecule has 3 rings (SSSR count). The van der Waals surface area contributed by atoms with Gasteiger partial charge in [0.1, 0.15) is 73.2 Å². The van der Waals surface area contributed by atoms with Gasteiger partial charge in [0.2, 0.25) is 5.91 Å². The third-order valence-electron chi connectivity index (χ3n) is 15.6. The van der Waals surface area contributed by atoms with Crippen molar-refractivity contribution in [2.75, 3.05) is 26.4 Å². The summed E-state index contributed by atoms with van der Waals surface area (Å²) in [5, 5.41) is 120. The number of allylic oxidation sites excluding steroid dienone is 1. The summed E-state index contributed by atoms with van der Waals surface area (Å²) in [6.45, 7) is 1.73. The van der Waals surface area contributed by atoms with E-state index >= 15 is 0 Å². The van der Waals surface area contributed by atoms with Crippen molar-refractivity contribution >= 4 is 5.91 Å². The van der Waals surface area contributed by atoms with E-state index in [4.69, 9.17) is 28.4 Å². The molecule has 0 aromatic rings. The maximum absolute atomic E-state index is 13.3. The van der Waals surface area contributed by atoms with Crippen LogP contribution in [0.3, 0.4) is 0 Å². The second kappa shape index (κ2) is 42.4. The zero-order valence-electron chi connectivity index (χ0n) is 47.2. The van der Waals surface area contributed by atoms with Crippen LogP contribution in [0.5, 0.6) is 0 Å². The first-order valence-corrected chi connectivity index (χ1v) is 30.4. The fraction of sp³-hybridized carbons (Fsp3) is 0.948. The molecule has 77 heavy (non-hydrogen) atoms. The quantitative estimate of drug-likeness (QED) is 0.0269.